The van der Waals surface area contributed by atoms with E-state index in [-0.39, 0.29) is 0 Å². The molecular formula is C16H21NO2. The minimum absolute atomic E-state index is 0.405. The fraction of sp³-hybridized carbons (Fsp3) is 0.625. The van der Waals surface area contributed by atoms with Crippen molar-refractivity contribution in [3.05, 3.63) is 29.3 Å². The summed E-state index contributed by atoms with van der Waals surface area (Å²) in [7, 11) is 0. The van der Waals surface area contributed by atoms with Gasteiger partial charge in [-0.2, -0.15) is 0 Å². The minimum atomic E-state index is 0.405. The van der Waals surface area contributed by atoms with Crippen LogP contribution in [0.3, 0.4) is 0 Å². The summed E-state index contributed by atoms with van der Waals surface area (Å²) in [5.74, 6) is 0.405. The van der Waals surface area contributed by atoms with Crippen LogP contribution in [0.15, 0.2) is 18.2 Å². The summed E-state index contributed by atoms with van der Waals surface area (Å²) in [6.07, 6.45) is 6.97. The van der Waals surface area contributed by atoms with Gasteiger partial charge < -0.3 is 9.84 Å². The van der Waals surface area contributed by atoms with Gasteiger partial charge in [-0.05, 0) is 55.4 Å². The summed E-state index contributed by atoms with van der Waals surface area (Å²) in [6, 6.07) is 6.40. The lowest BCUT2D eigenvalue weighted by molar-refractivity contribution is -0.0555. The molecular weight excluding hydrogens is 238 g/mol. The summed E-state index contributed by atoms with van der Waals surface area (Å²) in [5, 5.41) is 9.78. The molecule has 1 aromatic rings. The number of phenolic OH excluding ortho intramolecular Hbond substituents is 1. The van der Waals surface area contributed by atoms with Crippen LogP contribution >= 0.6 is 0 Å². The first-order chi connectivity index (χ1) is 9.29. The van der Waals surface area contributed by atoms with E-state index in [1.54, 1.807) is 0 Å². The Balaban J connectivity index is 1.64. The third kappa shape index (κ3) is 2.05. The molecule has 19 heavy (non-hydrogen) atoms. The Morgan fingerprint density at radius 2 is 1.89 bits per heavy atom. The SMILES string of the molecule is Oc1ccc2c(c1)C(N1CC3CCC(C1)O3)CCC2. The van der Waals surface area contributed by atoms with Crippen molar-refractivity contribution < 1.29 is 9.84 Å². The Morgan fingerprint density at radius 1 is 1.11 bits per heavy atom. The predicted octanol–water partition coefficient (Wildman–Crippen LogP) is 2.63. The average Bonchev–Trinajstić information content (AvgIpc) is 2.77. The molecule has 2 saturated heterocycles. The van der Waals surface area contributed by atoms with Gasteiger partial charge in [-0.25, -0.2) is 0 Å². The van der Waals surface area contributed by atoms with Crippen molar-refractivity contribution in [1.29, 1.82) is 0 Å². The number of aryl methyl sites for hydroxylation is 1. The Kier molecular flexibility index (Phi) is 2.78. The van der Waals surface area contributed by atoms with Gasteiger partial charge in [0.05, 0.1) is 12.2 Å². The molecule has 3 heteroatoms. The first-order valence-corrected chi connectivity index (χ1v) is 7.51. The first kappa shape index (κ1) is 11.7. The molecule has 0 spiro atoms. The maximum absolute atomic E-state index is 9.78. The van der Waals surface area contributed by atoms with Gasteiger partial charge in [0.25, 0.3) is 0 Å². The number of phenols is 1. The molecule has 1 aromatic carbocycles. The van der Waals surface area contributed by atoms with Gasteiger partial charge >= 0.3 is 0 Å². The summed E-state index contributed by atoms with van der Waals surface area (Å²) < 4.78 is 5.94. The monoisotopic (exact) mass is 259 g/mol. The lowest BCUT2D eigenvalue weighted by Crippen LogP contribution is -2.45. The van der Waals surface area contributed by atoms with Gasteiger partial charge in [0, 0.05) is 19.1 Å². The molecule has 3 aliphatic rings. The highest BCUT2D eigenvalue weighted by atomic mass is 16.5. The van der Waals surface area contributed by atoms with Crippen LogP contribution < -0.4 is 0 Å². The lowest BCUT2D eigenvalue weighted by Gasteiger charge is -2.40. The standard InChI is InChI=1S/C16H21NO2/c18-12-5-4-11-2-1-3-16(15(11)8-12)17-9-13-6-7-14(10-17)19-13/h4-5,8,13-14,16,18H,1-3,6-7,9-10H2. The summed E-state index contributed by atoms with van der Waals surface area (Å²) >= 11 is 0. The number of morpholine rings is 1. The molecule has 2 aliphatic heterocycles. The number of fused-ring (bicyclic) bond motifs is 3. The topological polar surface area (TPSA) is 32.7 Å². The van der Waals surface area contributed by atoms with Gasteiger partial charge in [-0.3, -0.25) is 4.90 Å². The third-order valence-corrected chi connectivity index (χ3v) is 4.92. The van der Waals surface area contributed by atoms with Crippen molar-refractivity contribution in [3.8, 4) is 5.75 Å². The number of benzene rings is 1. The number of rotatable bonds is 1. The largest absolute Gasteiger partial charge is 0.508 e. The van der Waals surface area contributed by atoms with E-state index in [9.17, 15) is 5.11 Å². The molecule has 4 rings (SSSR count). The van der Waals surface area contributed by atoms with E-state index in [0.717, 1.165) is 19.5 Å². The number of hydrogen-bond donors (Lipinski definition) is 1. The van der Waals surface area contributed by atoms with Crippen molar-refractivity contribution in [2.24, 2.45) is 0 Å². The number of ether oxygens (including phenoxy) is 1. The summed E-state index contributed by atoms with van der Waals surface area (Å²) in [6.45, 7) is 2.13. The van der Waals surface area contributed by atoms with Crippen LogP contribution in [0.25, 0.3) is 0 Å². The summed E-state index contributed by atoms with van der Waals surface area (Å²) in [5.41, 5.74) is 2.78. The summed E-state index contributed by atoms with van der Waals surface area (Å²) in [4.78, 5) is 2.60. The smallest absolute Gasteiger partial charge is 0.115 e. The number of likely N-dealkylation sites (tertiary alicyclic amines) is 1. The van der Waals surface area contributed by atoms with Gasteiger partial charge in [0.2, 0.25) is 0 Å². The van der Waals surface area contributed by atoms with Gasteiger partial charge in [0.15, 0.2) is 0 Å². The Labute approximate surface area is 114 Å². The van der Waals surface area contributed by atoms with E-state index >= 15 is 0 Å². The maximum Gasteiger partial charge on any atom is 0.115 e. The second-order valence-electron chi connectivity index (χ2n) is 6.20. The molecule has 102 valence electrons. The highest BCUT2D eigenvalue weighted by Crippen LogP contribution is 2.39. The van der Waals surface area contributed by atoms with Crippen LogP contribution in [0.4, 0.5) is 0 Å². The average molecular weight is 259 g/mol. The molecule has 2 fully saturated rings. The molecule has 2 heterocycles. The molecule has 0 amide bonds. The zero-order chi connectivity index (χ0) is 12.8. The van der Waals surface area contributed by atoms with Crippen LogP contribution in [-0.2, 0) is 11.2 Å². The van der Waals surface area contributed by atoms with Crippen molar-refractivity contribution in [2.45, 2.75) is 50.4 Å². The number of nitrogens with zero attached hydrogens (tertiary/aromatic N) is 1. The minimum Gasteiger partial charge on any atom is -0.508 e. The van der Waals surface area contributed by atoms with Crippen LogP contribution in [-0.4, -0.2) is 35.3 Å². The molecule has 0 radical (unpaired) electrons. The maximum atomic E-state index is 9.78. The molecule has 0 saturated carbocycles. The van der Waals surface area contributed by atoms with E-state index in [0.29, 0.717) is 24.0 Å². The van der Waals surface area contributed by atoms with Gasteiger partial charge in [-0.15, -0.1) is 0 Å². The second-order valence-corrected chi connectivity index (χ2v) is 6.20. The van der Waals surface area contributed by atoms with Gasteiger partial charge in [0.1, 0.15) is 5.75 Å². The Bertz CT molecular complexity index is 476. The molecule has 1 N–H and O–H groups in total. The molecule has 0 aromatic heterocycles. The van der Waals surface area contributed by atoms with Crippen LogP contribution in [0.1, 0.15) is 42.9 Å². The Hall–Kier alpha value is -1.06. The zero-order valence-corrected chi connectivity index (χ0v) is 11.2. The van der Waals surface area contributed by atoms with E-state index in [1.807, 2.05) is 12.1 Å². The second kappa shape index (κ2) is 4.50. The molecule has 3 atom stereocenters. The highest BCUT2D eigenvalue weighted by molar-refractivity contribution is 5.38. The van der Waals surface area contributed by atoms with Crippen LogP contribution in [0.2, 0.25) is 0 Å². The molecule has 1 aliphatic carbocycles. The highest BCUT2D eigenvalue weighted by Gasteiger charge is 2.38. The fourth-order valence-corrected chi connectivity index (χ4v) is 4.04. The lowest BCUT2D eigenvalue weighted by atomic mass is 9.86. The molecule has 3 nitrogen and oxygen atoms in total. The number of hydrogen-bond acceptors (Lipinski definition) is 3. The fourth-order valence-electron chi connectivity index (χ4n) is 4.04. The Morgan fingerprint density at radius 3 is 2.68 bits per heavy atom. The van der Waals surface area contributed by atoms with E-state index < -0.39 is 0 Å². The van der Waals surface area contributed by atoms with Crippen molar-refractivity contribution in [2.75, 3.05) is 13.1 Å². The van der Waals surface area contributed by atoms with Crippen LogP contribution in [0, 0.1) is 0 Å². The normalized spacial score (nSPS) is 34.2. The predicted molar refractivity (Wildman–Crippen MR) is 73.3 cm³/mol. The van der Waals surface area contributed by atoms with E-state index in [1.165, 1.54) is 36.8 Å². The first-order valence-electron chi connectivity index (χ1n) is 7.51. The van der Waals surface area contributed by atoms with Crippen molar-refractivity contribution in [3.63, 3.8) is 0 Å². The molecule has 2 bridgehead atoms. The van der Waals surface area contributed by atoms with Crippen molar-refractivity contribution in [1.82, 2.24) is 4.90 Å². The van der Waals surface area contributed by atoms with E-state index in [2.05, 4.69) is 11.0 Å². The van der Waals surface area contributed by atoms with E-state index in [4.69, 9.17) is 4.74 Å². The number of aromatic hydroxyl groups is 1. The third-order valence-electron chi connectivity index (χ3n) is 4.92. The molecule has 3 unspecified atom stereocenters. The van der Waals surface area contributed by atoms with Crippen LogP contribution in [0.5, 0.6) is 5.75 Å². The van der Waals surface area contributed by atoms with Gasteiger partial charge in [-0.1, -0.05) is 6.07 Å². The van der Waals surface area contributed by atoms with Crippen molar-refractivity contribution >= 4 is 0 Å². The zero-order valence-electron chi connectivity index (χ0n) is 11.2. The quantitative estimate of drug-likeness (QED) is 0.841.